The SMILES string of the molecule is COCC(C)NC(=S)NNC(=O)C1CCN(S(=O)(=O)c2c(C)cc(C)cc2C)CC1. The van der Waals surface area contributed by atoms with Crippen LogP contribution < -0.4 is 16.2 Å². The quantitative estimate of drug-likeness (QED) is 0.441. The maximum absolute atomic E-state index is 13.2. The molecule has 0 aliphatic carbocycles. The largest absolute Gasteiger partial charge is 0.383 e. The Bertz CT molecular complexity index is 858. The Morgan fingerprint density at radius 2 is 1.77 bits per heavy atom. The van der Waals surface area contributed by atoms with Gasteiger partial charge in [0.1, 0.15) is 0 Å². The summed E-state index contributed by atoms with van der Waals surface area (Å²) in [5, 5.41) is 3.30. The van der Waals surface area contributed by atoms with E-state index in [0.29, 0.717) is 42.5 Å². The lowest BCUT2D eigenvalue weighted by atomic mass is 9.98. The van der Waals surface area contributed by atoms with Gasteiger partial charge in [-0.3, -0.25) is 15.6 Å². The molecule has 0 saturated carbocycles. The number of aryl methyl sites for hydroxylation is 3. The summed E-state index contributed by atoms with van der Waals surface area (Å²) >= 11 is 5.14. The van der Waals surface area contributed by atoms with Crippen molar-refractivity contribution in [3.63, 3.8) is 0 Å². The molecule has 1 aromatic rings. The molecule has 168 valence electrons. The first kappa shape index (κ1) is 24.5. The molecule has 3 N–H and O–H groups in total. The monoisotopic (exact) mass is 456 g/mol. The van der Waals surface area contributed by atoms with Gasteiger partial charge in [-0.05, 0) is 63.9 Å². The van der Waals surface area contributed by atoms with Crippen LogP contribution in [0.15, 0.2) is 17.0 Å². The summed E-state index contributed by atoms with van der Waals surface area (Å²) in [6.07, 6.45) is 0.911. The smallest absolute Gasteiger partial charge is 0.243 e. The molecule has 8 nitrogen and oxygen atoms in total. The van der Waals surface area contributed by atoms with Crippen molar-refractivity contribution in [2.24, 2.45) is 5.92 Å². The number of sulfonamides is 1. The number of nitrogens with one attached hydrogen (secondary N) is 3. The highest BCUT2D eigenvalue weighted by Crippen LogP contribution is 2.28. The lowest BCUT2D eigenvalue weighted by Gasteiger charge is -2.31. The van der Waals surface area contributed by atoms with E-state index in [0.717, 1.165) is 16.7 Å². The number of hydrogen-bond donors (Lipinski definition) is 3. The maximum atomic E-state index is 13.2. The van der Waals surface area contributed by atoms with E-state index in [1.54, 1.807) is 7.11 Å². The molecule has 30 heavy (non-hydrogen) atoms. The molecular formula is C20H32N4O4S2. The van der Waals surface area contributed by atoms with Crippen LogP contribution in [-0.4, -0.2) is 56.6 Å². The zero-order valence-electron chi connectivity index (χ0n) is 18.2. The molecule has 1 heterocycles. The van der Waals surface area contributed by atoms with E-state index in [2.05, 4.69) is 16.2 Å². The van der Waals surface area contributed by atoms with Crippen LogP contribution in [0.3, 0.4) is 0 Å². The number of benzene rings is 1. The van der Waals surface area contributed by atoms with Crippen molar-refractivity contribution in [2.45, 2.75) is 51.5 Å². The third-order valence-corrected chi connectivity index (χ3v) is 7.55. The van der Waals surface area contributed by atoms with E-state index in [-0.39, 0.29) is 17.9 Å². The van der Waals surface area contributed by atoms with Gasteiger partial charge in [-0.2, -0.15) is 4.31 Å². The topological polar surface area (TPSA) is 99.8 Å². The average molecular weight is 457 g/mol. The number of methoxy groups -OCH3 is 1. The molecule has 10 heteroatoms. The van der Waals surface area contributed by atoms with Gasteiger partial charge in [0.25, 0.3) is 0 Å². The molecule has 1 unspecified atom stereocenters. The van der Waals surface area contributed by atoms with Crippen molar-refractivity contribution < 1.29 is 17.9 Å². The van der Waals surface area contributed by atoms with Gasteiger partial charge in [0.15, 0.2) is 5.11 Å². The summed E-state index contributed by atoms with van der Waals surface area (Å²) < 4.78 is 32.8. The highest BCUT2D eigenvalue weighted by atomic mass is 32.2. The highest BCUT2D eigenvalue weighted by molar-refractivity contribution is 7.89. The standard InChI is InChI=1S/C20H32N4O4S2/c1-13-10-14(2)18(15(3)11-13)30(26,27)24-8-6-17(7-9-24)19(25)22-23-20(29)21-16(4)12-28-5/h10-11,16-17H,6-9,12H2,1-5H3,(H,22,25)(H2,21,23,29). The predicted molar refractivity (Wildman–Crippen MR) is 120 cm³/mol. The van der Waals surface area contributed by atoms with E-state index in [1.165, 1.54) is 4.31 Å². The number of thiocarbonyl (C=S) groups is 1. The Morgan fingerprint density at radius 1 is 1.20 bits per heavy atom. The Hall–Kier alpha value is -1.75. The fourth-order valence-electron chi connectivity index (χ4n) is 3.83. The van der Waals surface area contributed by atoms with Crippen molar-refractivity contribution in [3.8, 4) is 0 Å². The van der Waals surface area contributed by atoms with Gasteiger partial charge >= 0.3 is 0 Å². The Balaban J connectivity index is 1.91. The molecular weight excluding hydrogens is 424 g/mol. The lowest BCUT2D eigenvalue weighted by Crippen LogP contribution is -2.52. The van der Waals surface area contributed by atoms with Gasteiger partial charge in [-0.25, -0.2) is 8.42 Å². The fraction of sp³-hybridized carbons (Fsp3) is 0.600. The summed E-state index contributed by atoms with van der Waals surface area (Å²) in [4.78, 5) is 12.8. The molecule has 1 saturated heterocycles. The first-order valence-electron chi connectivity index (χ1n) is 9.99. The predicted octanol–water partition coefficient (Wildman–Crippen LogP) is 1.54. The number of hydrazine groups is 1. The van der Waals surface area contributed by atoms with E-state index in [1.807, 2.05) is 39.8 Å². The average Bonchev–Trinajstić information content (AvgIpc) is 2.65. The van der Waals surface area contributed by atoms with Crippen LogP contribution >= 0.6 is 12.2 Å². The Kier molecular flexibility index (Phi) is 8.60. The zero-order valence-corrected chi connectivity index (χ0v) is 19.9. The number of carbonyl (C=O) groups is 1. The van der Waals surface area contributed by atoms with Crippen LogP contribution in [0.1, 0.15) is 36.5 Å². The first-order valence-corrected chi connectivity index (χ1v) is 11.8. The van der Waals surface area contributed by atoms with Crippen LogP contribution in [0.25, 0.3) is 0 Å². The van der Waals surface area contributed by atoms with Crippen LogP contribution in [0, 0.1) is 26.7 Å². The van der Waals surface area contributed by atoms with Crippen LogP contribution in [0.4, 0.5) is 0 Å². The summed E-state index contributed by atoms with van der Waals surface area (Å²) in [5.74, 6) is -0.471. The summed E-state index contributed by atoms with van der Waals surface area (Å²) in [6.45, 7) is 8.61. The van der Waals surface area contributed by atoms with Gasteiger partial charge in [0.05, 0.1) is 11.5 Å². The van der Waals surface area contributed by atoms with Gasteiger partial charge in [0.2, 0.25) is 15.9 Å². The molecule has 0 spiro atoms. The fourth-order valence-corrected chi connectivity index (χ4v) is 5.97. The van der Waals surface area contributed by atoms with Crippen molar-refractivity contribution in [2.75, 3.05) is 26.8 Å². The molecule has 0 bridgehead atoms. The molecule has 0 aromatic heterocycles. The van der Waals surface area contributed by atoms with Gasteiger partial charge in [-0.15, -0.1) is 0 Å². The molecule has 1 amide bonds. The summed E-state index contributed by atoms with van der Waals surface area (Å²) in [7, 11) is -1.99. The maximum Gasteiger partial charge on any atom is 0.243 e. The molecule has 1 aromatic carbocycles. The van der Waals surface area contributed by atoms with E-state index < -0.39 is 10.0 Å². The second kappa shape index (κ2) is 10.5. The number of hydrogen-bond acceptors (Lipinski definition) is 5. The van der Waals surface area contributed by atoms with Crippen LogP contribution in [0.2, 0.25) is 0 Å². The molecule has 1 aliphatic rings. The molecule has 1 aliphatic heterocycles. The number of amides is 1. The molecule has 0 radical (unpaired) electrons. The van der Waals surface area contributed by atoms with E-state index in [9.17, 15) is 13.2 Å². The first-order chi connectivity index (χ1) is 14.1. The number of carbonyl (C=O) groups excluding carboxylic acids is 1. The summed E-state index contributed by atoms with van der Waals surface area (Å²) in [5.41, 5.74) is 7.84. The highest BCUT2D eigenvalue weighted by Gasteiger charge is 2.33. The minimum Gasteiger partial charge on any atom is -0.383 e. The lowest BCUT2D eigenvalue weighted by molar-refractivity contribution is -0.126. The number of rotatable bonds is 6. The molecule has 1 fully saturated rings. The van der Waals surface area contributed by atoms with Crippen molar-refractivity contribution in [1.29, 1.82) is 0 Å². The van der Waals surface area contributed by atoms with Crippen molar-refractivity contribution in [1.82, 2.24) is 20.5 Å². The minimum absolute atomic E-state index is 0.00837. The second-order valence-electron chi connectivity index (χ2n) is 7.85. The second-order valence-corrected chi connectivity index (χ2v) is 10.1. The van der Waals surface area contributed by atoms with Gasteiger partial charge in [0, 0.05) is 32.2 Å². The summed E-state index contributed by atoms with van der Waals surface area (Å²) in [6, 6.07) is 3.78. The van der Waals surface area contributed by atoms with E-state index in [4.69, 9.17) is 17.0 Å². The normalized spacial score (nSPS) is 16.7. The van der Waals surface area contributed by atoms with E-state index >= 15 is 0 Å². The third kappa shape index (κ3) is 6.13. The number of nitrogens with zero attached hydrogens (tertiary/aromatic N) is 1. The number of piperidine rings is 1. The molecule has 2 rings (SSSR count). The van der Waals surface area contributed by atoms with Gasteiger partial charge in [-0.1, -0.05) is 17.7 Å². The number of ether oxygens (including phenoxy) is 1. The zero-order chi connectivity index (χ0) is 22.5. The van der Waals surface area contributed by atoms with Crippen molar-refractivity contribution in [3.05, 3.63) is 28.8 Å². The Morgan fingerprint density at radius 3 is 2.30 bits per heavy atom. The van der Waals surface area contributed by atoms with Crippen LogP contribution in [0.5, 0.6) is 0 Å². The van der Waals surface area contributed by atoms with Gasteiger partial charge < -0.3 is 10.1 Å². The minimum atomic E-state index is -3.59. The third-order valence-electron chi connectivity index (χ3n) is 5.12. The molecule has 1 atom stereocenters. The van der Waals surface area contributed by atoms with Crippen molar-refractivity contribution >= 4 is 33.3 Å². The Labute approximate surface area is 184 Å². The van der Waals surface area contributed by atoms with Crippen LogP contribution in [-0.2, 0) is 19.6 Å².